The van der Waals surface area contributed by atoms with Gasteiger partial charge in [0.1, 0.15) is 5.75 Å². The monoisotopic (exact) mass is 312 g/mol. The van der Waals surface area contributed by atoms with Crippen molar-refractivity contribution in [3.05, 3.63) is 53.5 Å². The van der Waals surface area contributed by atoms with E-state index in [0.717, 1.165) is 29.6 Å². The molecule has 5 nitrogen and oxygen atoms in total. The first kappa shape index (κ1) is 13.5. The number of amidine groups is 1. The van der Waals surface area contributed by atoms with Gasteiger partial charge >= 0.3 is 0 Å². The molecule has 0 unspecified atom stereocenters. The molecule has 0 aliphatic carbocycles. The molecular formula is C16H16N4OS. The average molecular weight is 312 g/mol. The molecule has 2 aliphatic rings. The number of hydrogen-bond acceptors (Lipinski definition) is 5. The lowest BCUT2D eigenvalue weighted by Crippen LogP contribution is -2.33. The molecule has 1 N–H and O–H groups in total. The fraction of sp³-hybridized carbons (Fsp3) is 0.250. The summed E-state index contributed by atoms with van der Waals surface area (Å²) in [5.74, 6) is 0.874. The Labute approximate surface area is 133 Å². The van der Waals surface area contributed by atoms with Crippen molar-refractivity contribution in [1.29, 1.82) is 0 Å². The van der Waals surface area contributed by atoms with Crippen LogP contribution < -0.4 is 4.74 Å². The number of fused-ring (bicyclic) bond motifs is 1. The van der Waals surface area contributed by atoms with Crippen molar-refractivity contribution in [2.24, 2.45) is 4.99 Å². The standard InChI is InChI=1S/C16H16N4OS/c1-21-14-4-2-11(3-5-14)15-9-22-16-18-8-13(20(15)16)6-12-7-17-10-19-12/h2-5,7,9-10,13H,6,8H2,1H3,(H,17,19)/t13-/m1/s1. The zero-order chi connectivity index (χ0) is 14.9. The highest BCUT2D eigenvalue weighted by molar-refractivity contribution is 8.16. The number of aliphatic imine (C=N–C) groups is 1. The van der Waals surface area contributed by atoms with Crippen LogP contribution in [-0.2, 0) is 6.42 Å². The third kappa shape index (κ3) is 2.29. The minimum absolute atomic E-state index is 0.346. The molecule has 0 radical (unpaired) electrons. The molecule has 1 aromatic heterocycles. The minimum Gasteiger partial charge on any atom is -0.497 e. The summed E-state index contributed by atoms with van der Waals surface area (Å²) in [5.41, 5.74) is 3.55. The Hall–Kier alpha value is -2.21. The number of methoxy groups -OCH3 is 1. The lowest BCUT2D eigenvalue weighted by molar-refractivity contribution is 0.414. The van der Waals surface area contributed by atoms with Crippen LogP contribution in [0.5, 0.6) is 5.75 Å². The van der Waals surface area contributed by atoms with Crippen LogP contribution in [-0.4, -0.2) is 39.7 Å². The van der Waals surface area contributed by atoms with Gasteiger partial charge in [-0.25, -0.2) is 4.98 Å². The summed E-state index contributed by atoms with van der Waals surface area (Å²) in [4.78, 5) is 14.3. The molecular weight excluding hydrogens is 296 g/mol. The zero-order valence-electron chi connectivity index (χ0n) is 12.2. The summed E-state index contributed by atoms with van der Waals surface area (Å²) in [6.07, 6.45) is 4.53. The highest BCUT2D eigenvalue weighted by Gasteiger charge is 2.35. The Morgan fingerprint density at radius 1 is 1.36 bits per heavy atom. The summed E-state index contributed by atoms with van der Waals surface area (Å²) in [7, 11) is 1.69. The Kier molecular flexibility index (Phi) is 3.38. The molecule has 0 bridgehead atoms. The lowest BCUT2D eigenvalue weighted by atomic mass is 10.1. The van der Waals surface area contributed by atoms with E-state index in [1.54, 1.807) is 25.2 Å². The number of imidazole rings is 1. The van der Waals surface area contributed by atoms with Crippen molar-refractivity contribution >= 4 is 22.6 Å². The van der Waals surface area contributed by atoms with Crippen LogP contribution >= 0.6 is 11.8 Å². The van der Waals surface area contributed by atoms with E-state index in [1.807, 2.05) is 18.3 Å². The number of aromatic nitrogens is 2. The number of nitrogens with zero attached hydrogens (tertiary/aromatic N) is 3. The number of H-pyrrole nitrogens is 1. The Morgan fingerprint density at radius 3 is 2.95 bits per heavy atom. The molecule has 0 amide bonds. The van der Waals surface area contributed by atoms with E-state index in [1.165, 1.54) is 11.3 Å². The molecule has 4 rings (SSSR count). The van der Waals surface area contributed by atoms with Crippen LogP contribution in [0.25, 0.3) is 5.70 Å². The summed E-state index contributed by atoms with van der Waals surface area (Å²) >= 11 is 1.70. The van der Waals surface area contributed by atoms with E-state index in [0.29, 0.717) is 6.04 Å². The Bertz CT molecular complexity index is 721. The van der Waals surface area contributed by atoms with Crippen molar-refractivity contribution in [1.82, 2.24) is 14.9 Å². The van der Waals surface area contributed by atoms with E-state index in [4.69, 9.17) is 4.74 Å². The molecule has 112 valence electrons. The summed E-state index contributed by atoms with van der Waals surface area (Å²) < 4.78 is 5.24. The third-order valence-electron chi connectivity index (χ3n) is 3.94. The van der Waals surface area contributed by atoms with Gasteiger partial charge in [0.05, 0.1) is 31.7 Å². The van der Waals surface area contributed by atoms with Gasteiger partial charge in [0.15, 0.2) is 5.17 Å². The molecule has 2 aliphatic heterocycles. The average Bonchev–Trinajstić information content (AvgIpc) is 3.27. The van der Waals surface area contributed by atoms with Gasteiger partial charge in [-0.05, 0) is 29.8 Å². The zero-order valence-corrected chi connectivity index (χ0v) is 13.0. The Morgan fingerprint density at radius 2 is 2.23 bits per heavy atom. The first-order valence-corrected chi connectivity index (χ1v) is 8.05. The molecule has 3 heterocycles. The van der Waals surface area contributed by atoms with E-state index < -0.39 is 0 Å². The normalized spacial score (nSPS) is 19.9. The van der Waals surface area contributed by atoms with Gasteiger partial charge in [0.2, 0.25) is 0 Å². The van der Waals surface area contributed by atoms with Crippen LogP contribution in [0.2, 0.25) is 0 Å². The highest BCUT2D eigenvalue weighted by Crippen LogP contribution is 2.38. The second kappa shape index (κ2) is 5.53. The van der Waals surface area contributed by atoms with Gasteiger partial charge in [0.25, 0.3) is 0 Å². The number of rotatable bonds is 4. The van der Waals surface area contributed by atoms with Crippen molar-refractivity contribution in [2.75, 3.05) is 13.7 Å². The number of nitrogens with one attached hydrogen (secondary N) is 1. The molecule has 6 heteroatoms. The van der Waals surface area contributed by atoms with E-state index in [-0.39, 0.29) is 0 Å². The second-order valence-corrected chi connectivity index (χ2v) is 6.11. The van der Waals surface area contributed by atoms with Gasteiger partial charge < -0.3 is 14.6 Å². The summed E-state index contributed by atoms with van der Waals surface area (Å²) in [6.45, 7) is 0.828. The van der Waals surface area contributed by atoms with Crippen LogP contribution in [0, 0.1) is 0 Å². The van der Waals surface area contributed by atoms with Crippen LogP contribution in [0.4, 0.5) is 0 Å². The van der Waals surface area contributed by atoms with Gasteiger partial charge in [-0.1, -0.05) is 11.8 Å². The van der Waals surface area contributed by atoms with Crippen molar-refractivity contribution in [3.8, 4) is 5.75 Å². The smallest absolute Gasteiger partial charge is 0.168 e. The number of thioether (sulfide) groups is 1. The van der Waals surface area contributed by atoms with Crippen LogP contribution in [0.1, 0.15) is 11.3 Å². The van der Waals surface area contributed by atoms with Crippen LogP contribution in [0.3, 0.4) is 0 Å². The third-order valence-corrected chi connectivity index (χ3v) is 4.82. The van der Waals surface area contributed by atoms with Crippen molar-refractivity contribution < 1.29 is 4.74 Å². The predicted octanol–water partition coefficient (Wildman–Crippen LogP) is 2.75. The fourth-order valence-corrected chi connectivity index (χ4v) is 3.81. The maximum Gasteiger partial charge on any atom is 0.168 e. The quantitative estimate of drug-likeness (QED) is 0.943. The maximum atomic E-state index is 5.24. The van der Waals surface area contributed by atoms with Crippen molar-refractivity contribution in [2.45, 2.75) is 12.5 Å². The highest BCUT2D eigenvalue weighted by atomic mass is 32.2. The van der Waals surface area contributed by atoms with Gasteiger partial charge in [-0.15, -0.1) is 0 Å². The molecule has 2 aromatic rings. The molecule has 22 heavy (non-hydrogen) atoms. The number of aromatic amines is 1. The lowest BCUT2D eigenvalue weighted by Gasteiger charge is -2.25. The number of hydrogen-bond donors (Lipinski definition) is 1. The van der Waals surface area contributed by atoms with Crippen LogP contribution in [0.15, 0.2) is 47.2 Å². The first-order chi connectivity index (χ1) is 10.8. The van der Waals surface area contributed by atoms with E-state index >= 15 is 0 Å². The molecule has 0 saturated carbocycles. The van der Waals surface area contributed by atoms with Gasteiger partial charge in [-0.2, -0.15) is 0 Å². The SMILES string of the molecule is COc1ccc(C2=CSC3=NC[C@@H](Cc4cnc[nH]4)N23)cc1. The topological polar surface area (TPSA) is 53.5 Å². The van der Waals surface area contributed by atoms with Gasteiger partial charge in [-0.3, -0.25) is 4.99 Å². The first-order valence-electron chi connectivity index (χ1n) is 7.17. The van der Waals surface area contributed by atoms with Gasteiger partial charge in [0, 0.05) is 23.7 Å². The molecule has 0 fully saturated rings. The maximum absolute atomic E-state index is 5.24. The van der Waals surface area contributed by atoms with E-state index in [9.17, 15) is 0 Å². The Balaban J connectivity index is 1.58. The number of ether oxygens (including phenoxy) is 1. The minimum atomic E-state index is 0.346. The molecule has 1 aromatic carbocycles. The molecule has 0 spiro atoms. The predicted molar refractivity (Wildman–Crippen MR) is 88.8 cm³/mol. The largest absolute Gasteiger partial charge is 0.497 e. The molecule has 0 saturated heterocycles. The second-order valence-electron chi connectivity index (χ2n) is 5.28. The van der Waals surface area contributed by atoms with Crippen molar-refractivity contribution in [3.63, 3.8) is 0 Å². The van der Waals surface area contributed by atoms with E-state index in [2.05, 4.69) is 37.4 Å². The number of benzene rings is 1. The fourth-order valence-electron chi connectivity index (χ4n) is 2.83. The summed E-state index contributed by atoms with van der Waals surface area (Å²) in [6, 6.07) is 8.53. The molecule has 1 atom stereocenters. The summed E-state index contributed by atoms with van der Waals surface area (Å²) in [5, 5.41) is 3.27.